The van der Waals surface area contributed by atoms with Crippen molar-refractivity contribution in [2.45, 2.75) is 49.1 Å². The SMILES string of the molecule is CSc1nc2c(c(=O)[nH]1)C1(CCCCC1)Cc1ccccc1-2. The first-order valence-corrected chi connectivity index (χ1v) is 9.23. The summed E-state index contributed by atoms with van der Waals surface area (Å²) in [5, 5.41) is 0.714. The lowest BCUT2D eigenvalue weighted by molar-refractivity contribution is 0.284. The largest absolute Gasteiger partial charge is 0.301 e. The highest BCUT2D eigenvalue weighted by Gasteiger charge is 2.42. The van der Waals surface area contributed by atoms with Crippen LogP contribution in [0.3, 0.4) is 0 Å². The number of aromatic nitrogens is 2. The summed E-state index contributed by atoms with van der Waals surface area (Å²) in [6, 6.07) is 8.46. The first kappa shape index (κ1) is 14.1. The molecule has 1 spiro atoms. The Labute approximate surface area is 134 Å². The van der Waals surface area contributed by atoms with Crippen LogP contribution in [0.15, 0.2) is 34.2 Å². The molecule has 4 heteroatoms. The number of nitrogens with one attached hydrogen (secondary N) is 1. The van der Waals surface area contributed by atoms with Crippen LogP contribution >= 0.6 is 11.8 Å². The Bertz CT molecular complexity index is 775. The van der Waals surface area contributed by atoms with Gasteiger partial charge in [0.1, 0.15) is 0 Å². The summed E-state index contributed by atoms with van der Waals surface area (Å²) < 4.78 is 0. The molecular formula is C18H20N2OS. The third-order valence-electron chi connectivity index (χ3n) is 5.23. The van der Waals surface area contributed by atoms with Crippen molar-refractivity contribution in [1.82, 2.24) is 9.97 Å². The second-order valence-corrected chi connectivity index (χ2v) is 7.27. The lowest BCUT2D eigenvalue weighted by Crippen LogP contribution is -2.40. The van der Waals surface area contributed by atoms with Crippen LogP contribution in [-0.2, 0) is 11.8 Å². The van der Waals surface area contributed by atoms with Crippen LogP contribution in [0.5, 0.6) is 0 Å². The van der Waals surface area contributed by atoms with E-state index in [-0.39, 0.29) is 11.0 Å². The van der Waals surface area contributed by atoms with E-state index in [1.54, 1.807) is 0 Å². The number of nitrogens with zero attached hydrogens (tertiary/aromatic N) is 1. The van der Waals surface area contributed by atoms with Crippen LogP contribution in [0.4, 0.5) is 0 Å². The van der Waals surface area contributed by atoms with Crippen molar-refractivity contribution in [3.63, 3.8) is 0 Å². The molecule has 0 bridgehead atoms. The molecule has 2 aliphatic carbocycles. The van der Waals surface area contributed by atoms with E-state index in [4.69, 9.17) is 4.98 Å². The zero-order valence-corrected chi connectivity index (χ0v) is 13.6. The van der Waals surface area contributed by atoms with E-state index >= 15 is 0 Å². The molecule has 1 fully saturated rings. The molecule has 1 N–H and O–H groups in total. The molecule has 1 aromatic heterocycles. The molecule has 1 saturated carbocycles. The molecule has 0 aliphatic heterocycles. The Morgan fingerprint density at radius 3 is 2.73 bits per heavy atom. The highest BCUT2D eigenvalue weighted by Crippen LogP contribution is 2.48. The van der Waals surface area contributed by atoms with Gasteiger partial charge in [-0.15, -0.1) is 0 Å². The van der Waals surface area contributed by atoms with Gasteiger partial charge >= 0.3 is 0 Å². The molecule has 22 heavy (non-hydrogen) atoms. The summed E-state index contributed by atoms with van der Waals surface area (Å²) in [5.74, 6) is 0. The topological polar surface area (TPSA) is 45.8 Å². The van der Waals surface area contributed by atoms with Gasteiger partial charge in [0.25, 0.3) is 5.56 Å². The second-order valence-electron chi connectivity index (χ2n) is 6.47. The molecule has 2 aromatic rings. The number of fused-ring (bicyclic) bond motifs is 4. The third-order valence-corrected chi connectivity index (χ3v) is 5.81. The summed E-state index contributed by atoms with van der Waals surface area (Å²) in [7, 11) is 0. The van der Waals surface area contributed by atoms with Crippen molar-refractivity contribution in [2.75, 3.05) is 6.26 Å². The standard InChI is InChI=1S/C18H20N2OS/c1-22-17-19-15-13-8-4-3-7-12(13)11-18(9-5-2-6-10-18)14(15)16(21)20-17/h3-4,7-8H,2,5-6,9-11H2,1H3,(H,19,20,21). The Hall–Kier alpha value is -1.55. The number of hydrogen-bond donors (Lipinski definition) is 1. The quantitative estimate of drug-likeness (QED) is 0.641. The lowest BCUT2D eigenvalue weighted by Gasteiger charge is -2.41. The molecule has 2 aliphatic rings. The van der Waals surface area contributed by atoms with Crippen LogP contribution in [0.1, 0.15) is 43.2 Å². The first-order valence-electron chi connectivity index (χ1n) is 8.01. The fourth-order valence-corrected chi connectivity index (χ4v) is 4.63. The Kier molecular flexibility index (Phi) is 3.37. The monoisotopic (exact) mass is 312 g/mol. The molecule has 0 unspecified atom stereocenters. The number of hydrogen-bond acceptors (Lipinski definition) is 3. The van der Waals surface area contributed by atoms with Crippen molar-refractivity contribution < 1.29 is 0 Å². The van der Waals surface area contributed by atoms with Crippen molar-refractivity contribution >= 4 is 11.8 Å². The average molecular weight is 312 g/mol. The number of thioether (sulfide) groups is 1. The van der Waals surface area contributed by atoms with E-state index in [0.717, 1.165) is 36.1 Å². The summed E-state index contributed by atoms with van der Waals surface area (Å²) in [6.45, 7) is 0. The maximum atomic E-state index is 12.8. The molecule has 1 aromatic carbocycles. The Balaban J connectivity index is 2.02. The molecule has 0 atom stereocenters. The predicted octanol–water partition coefficient (Wildman–Crippen LogP) is 3.92. The van der Waals surface area contributed by atoms with Gasteiger partial charge in [0.2, 0.25) is 0 Å². The molecule has 0 saturated heterocycles. The Morgan fingerprint density at radius 2 is 1.95 bits per heavy atom. The van der Waals surface area contributed by atoms with Crippen LogP contribution in [0, 0.1) is 0 Å². The fourth-order valence-electron chi connectivity index (χ4n) is 4.25. The average Bonchev–Trinajstić information content (AvgIpc) is 2.55. The van der Waals surface area contributed by atoms with Gasteiger partial charge in [0.05, 0.1) is 11.3 Å². The smallest absolute Gasteiger partial charge is 0.255 e. The van der Waals surface area contributed by atoms with Gasteiger partial charge in [0, 0.05) is 11.0 Å². The minimum atomic E-state index is -0.000538. The van der Waals surface area contributed by atoms with E-state index in [2.05, 4.69) is 23.2 Å². The van der Waals surface area contributed by atoms with Crippen molar-refractivity contribution in [1.29, 1.82) is 0 Å². The minimum Gasteiger partial charge on any atom is -0.301 e. The molecule has 1 heterocycles. The number of benzene rings is 1. The van der Waals surface area contributed by atoms with Crippen LogP contribution < -0.4 is 5.56 Å². The van der Waals surface area contributed by atoms with Crippen molar-refractivity contribution in [3.05, 3.63) is 45.7 Å². The van der Waals surface area contributed by atoms with E-state index in [1.807, 2.05) is 12.3 Å². The van der Waals surface area contributed by atoms with Crippen molar-refractivity contribution in [2.24, 2.45) is 0 Å². The van der Waals surface area contributed by atoms with E-state index in [0.29, 0.717) is 5.16 Å². The predicted molar refractivity (Wildman–Crippen MR) is 90.5 cm³/mol. The molecule has 114 valence electrons. The first-order chi connectivity index (χ1) is 10.7. The van der Waals surface area contributed by atoms with Crippen LogP contribution in [-0.4, -0.2) is 16.2 Å². The Morgan fingerprint density at radius 1 is 1.18 bits per heavy atom. The van der Waals surface area contributed by atoms with Crippen LogP contribution in [0.2, 0.25) is 0 Å². The number of aromatic amines is 1. The molecule has 3 nitrogen and oxygen atoms in total. The summed E-state index contributed by atoms with van der Waals surface area (Å²) in [5.41, 5.74) is 4.45. The molecule has 4 rings (SSSR count). The van der Waals surface area contributed by atoms with E-state index < -0.39 is 0 Å². The van der Waals surface area contributed by atoms with Gasteiger partial charge in [-0.2, -0.15) is 0 Å². The molecule has 0 radical (unpaired) electrons. The summed E-state index contributed by atoms with van der Waals surface area (Å²) in [4.78, 5) is 20.6. The van der Waals surface area contributed by atoms with Gasteiger partial charge in [-0.1, -0.05) is 55.3 Å². The second kappa shape index (κ2) is 5.27. The molecular weight excluding hydrogens is 292 g/mol. The van der Waals surface area contributed by atoms with Gasteiger partial charge < -0.3 is 4.98 Å². The van der Waals surface area contributed by atoms with Crippen molar-refractivity contribution in [3.8, 4) is 11.3 Å². The van der Waals surface area contributed by atoms with Gasteiger partial charge in [0.15, 0.2) is 5.16 Å². The highest BCUT2D eigenvalue weighted by molar-refractivity contribution is 7.98. The lowest BCUT2D eigenvalue weighted by atomic mass is 9.62. The third kappa shape index (κ3) is 2.04. The number of H-pyrrole nitrogens is 1. The van der Waals surface area contributed by atoms with Gasteiger partial charge in [-0.05, 0) is 31.1 Å². The summed E-state index contributed by atoms with van der Waals surface area (Å²) in [6.07, 6.45) is 8.87. The van der Waals surface area contributed by atoms with E-state index in [1.165, 1.54) is 36.6 Å². The highest BCUT2D eigenvalue weighted by atomic mass is 32.2. The normalized spacial score (nSPS) is 18.8. The number of rotatable bonds is 1. The van der Waals surface area contributed by atoms with Gasteiger partial charge in [-0.3, -0.25) is 4.79 Å². The molecule has 0 amide bonds. The van der Waals surface area contributed by atoms with Gasteiger partial charge in [-0.25, -0.2) is 4.98 Å². The maximum Gasteiger partial charge on any atom is 0.255 e. The fraction of sp³-hybridized carbons (Fsp3) is 0.444. The minimum absolute atomic E-state index is 0.000538. The zero-order valence-electron chi connectivity index (χ0n) is 12.8. The van der Waals surface area contributed by atoms with Crippen LogP contribution in [0.25, 0.3) is 11.3 Å². The summed E-state index contributed by atoms with van der Waals surface area (Å²) >= 11 is 1.50. The zero-order chi connectivity index (χ0) is 15.2. The van der Waals surface area contributed by atoms with E-state index in [9.17, 15) is 4.79 Å². The maximum absolute atomic E-state index is 12.8.